The molecule has 0 saturated heterocycles. The highest BCUT2D eigenvalue weighted by Crippen LogP contribution is 2.26. The number of nitrogens with zero attached hydrogens (tertiary/aromatic N) is 3. The Kier molecular flexibility index (Phi) is 6.08. The number of para-hydroxylation sites is 1. The first-order valence-corrected chi connectivity index (χ1v) is 9.33. The monoisotopic (exact) mass is 383 g/mol. The van der Waals surface area contributed by atoms with Gasteiger partial charge in [0.1, 0.15) is 6.04 Å². The maximum atomic E-state index is 12.5. The van der Waals surface area contributed by atoms with Gasteiger partial charge in [-0.25, -0.2) is 4.79 Å². The lowest BCUT2D eigenvalue weighted by Crippen LogP contribution is -2.52. The quantitative estimate of drug-likeness (QED) is 0.799. The molecule has 2 N–H and O–H groups in total. The van der Waals surface area contributed by atoms with E-state index in [-0.39, 0.29) is 11.7 Å². The SMILES string of the molecule is CC(C)CCOc1ccc(NC(=O)NC2Cc3ccccc3N(C)C2=O)nn1. The van der Waals surface area contributed by atoms with Crippen LogP contribution in [-0.4, -0.2) is 41.8 Å². The van der Waals surface area contributed by atoms with Gasteiger partial charge in [-0.3, -0.25) is 10.1 Å². The highest BCUT2D eigenvalue weighted by Gasteiger charge is 2.31. The maximum absolute atomic E-state index is 12.5. The van der Waals surface area contributed by atoms with Crippen molar-refractivity contribution in [3.63, 3.8) is 0 Å². The fourth-order valence-corrected chi connectivity index (χ4v) is 2.96. The van der Waals surface area contributed by atoms with Crippen molar-refractivity contribution in [2.45, 2.75) is 32.7 Å². The van der Waals surface area contributed by atoms with E-state index in [0.717, 1.165) is 17.7 Å². The molecular weight excluding hydrogens is 358 g/mol. The molecule has 1 aliphatic rings. The van der Waals surface area contributed by atoms with Gasteiger partial charge in [-0.2, -0.15) is 0 Å². The van der Waals surface area contributed by atoms with Gasteiger partial charge in [0, 0.05) is 25.2 Å². The second-order valence-corrected chi connectivity index (χ2v) is 7.17. The van der Waals surface area contributed by atoms with Crippen molar-refractivity contribution >= 4 is 23.4 Å². The van der Waals surface area contributed by atoms with E-state index in [2.05, 4.69) is 34.7 Å². The van der Waals surface area contributed by atoms with Crippen molar-refractivity contribution in [2.75, 3.05) is 23.9 Å². The Balaban J connectivity index is 1.55. The molecule has 8 nitrogen and oxygen atoms in total. The van der Waals surface area contributed by atoms with Crippen LogP contribution < -0.4 is 20.3 Å². The summed E-state index contributed by atoms with van der Waals surface area (Å²) in [5.74, 6) is 1.08. The van der Waals surface area contributed by atoms with Crippen LogP contribution in [0.3, 0.4) is 0 Å². The number of ether oxygens (including phenoxy) is 1. The van der Waals surface area contributed by atoms with Crippen molar-refractivity contribution in [2.24, 2.45) is 5.92 Å². The third kappa shape index (κ3) is 4.76. The van der Waals surface area contributed by atoms with Crippen LogP contribution in [0.5, 0.6) is 5.88 Å². The summed E-state index contributed by atoms with van der Waals surface area (Å²) >= 11 is 0. The number of nitrogens with one attached hydrogen (secondary N) is 2. The van der Waals surface area contributed by atoms with Crippen LogP contribution in [0.1, 0.15) is 25.8 Å². The van der Waals surface area contributed by atoms with E-state index in [0.29, 0.717) is 24.8 Å². The summed E-state index contributed by atoms with van der Waals surface area (Å²) in [4.78, 5) is 26.4. The molecule has 3 rings (SSSR count). The van der Waals surface area contributed by atoms with E-state index in [4.69, 9.17) is 4.74 Å². The highest BCUT2D eigenvalue weighted by atomic mass is 16.5. The molecule has 0 saturated carbocycles. The Labute approximate surface area is 164 Å². The van der Waals surface area contributed by atoms with E-state index >= 15 is 0 Å². The van der Waals surface area contributed by atoms with Gasteiger partial charge in [-0.1, -0.05) is 32.0 Å². The van der Waals surface area contributed by atoms with E-state index in [1.54, 1.807) is 24.1 Å². The molecule has 0 spiro atoms. The van der Waals surface area contributed by atoms with Gasteiger partial charge >= 0.3 is 6.03 Å². The molecule has 148 valence electrons. The minimum Gasteiger partial charge on any atom is -0.477 e. The minimum absolute atomic E-state index is 0.158. The predicted molar refractivity (Wildman–Crippen MR) is 106 cm³/mol. The molecule has 0 aliphatic carbocycles. The molecule has 1 unspecified atom stereocenters. The van der Waals surface area contributed by atoms with Crippen molar-refractivity contribution in [3.8, 4) is 5.88 Å². The lowest BCUT2D eigenvalue weighted by Gasteiger charge is -2.31. The first kappa shape index (κ1) is 19.6. The molecule has 8 heteroatoms. The summed E-state index contributed by atoms with van der Waals surface area (Å²) in [6.07, 6.45) is 1.37. The van der Waals surface area contributed by atoms with Crippen LogP contribution >= 0.6 is 0 Å². The third-order valence-electron chi connectivity index (χ3n) is 4.54. The van der Waals surface area contributed by atoms with Gasteiger partial charge in [0.2, 0.25) is 11.8 Å². The fraction of sp³-hybridized carbons (Fsp3) is 0.400. The Morgan fingerprint density at radius 1 is 1.25 bits per heavy atom. The smallest absolute Gasteiger partial charge is 0.321 e. The van der Waals surface area contributed by atoms with Gasteiger partial charge in [-0.05, 0) is 30.0 Å². The number of urea groups is 1. The average Bonchev–Trinajstić information content (AvgIpc) is 2.67. The molecule has 2 aromatic rings. The summed E-state index contributed by atoms with van der Waals surface area (Å²) < 4.78 is 5.51. The van der Waals surface area contributed by atoms with Crippen LogP contribution in [0, 0.1) is 5.92 Å². The largest absolute Gasteiger partial charge is 0.477 e. The van der Waals surface area contributed by atoms with Crippen molar-refractivity contribution in [1.82, 2.24) is 15.5 Å². The number of hydrogen-bond acceptors (Lipinski definition) is 5. The first-order valence-electron chi connectivity index (χ1n) is 9.33. The summed E-state index contributed by atoms with van der Waals surface area (Å²) in [6.45, 7) is 4.81. The van der Waals surface area contributed by atoms with Gasteiger partial charge in [0.15, 0.2) is 5.82 Å². The zero-order chi connectivity index (χ0) is 20.1. The highest BCUT2D eigenvalue weighted by molar-refractivity contribution is 6.02. The number of benzene rings is 1. The lowest BCUT2D eigenvalue weighted by atomic mass is 9.98. The minimum atomic E-state index is -0.633. The van der Waals surface area contributed by atoms with Crippen LogP contribution in [-0.2, 0) is 11.2 Å². The maximum Gasteiger partial charge on any atom is 0.321 e. The Bertz CT molecular complexity index is 838. The molecule has 1 aromatic heterocycles. The summed E-state index contributed by atoms with van der Waals surface area (Å²) in [6, 6.07) is 9.77. The molecule has 0 fully saturated rings. The third-order valence-corrected chi connectivity index (χ3v) is 4.54. The number of fused-ring (bicyclic) bond motifs is 1. The van der Waals surface area contributed by atoms with Crippen molar-refractivity contribution < 1.29 is 14.3 Å². The molecule has 0 radical (unpaired) electrons. The first-order chi connectivity index (χ1) is 13.4. The fourth-order valence-electron chi connectivity index (χ4n) is 2.96. The van der Waals surface area contributed by atoms with Crippen molar-refractivity contribution in [3.05, 3.63) is 42.0 Å². The zero-order valence-corrected chi connectivity index (χ0v) is 16.3. The second kappa shape index (κ2) is 8.69. The zero-order valence-electron chi connectivity index (χ0n) is 16.3. The number of carbonyl (C=O) groups excluding carboxylic acids is 2. The van der Waals surface area contributed by atoms with Crippen LogP contribution in [0.4, 0.5) is 16.3 Å². The molecule has 3 amide bonds. The topological polar surface area (TPSA) is 96.5 Å². The van der Waals surface area contributed by atoms with E-state index < -0.39 is 12.1 Å². The molecule has 28 heavy (non-hydrogen) atoms. The number of likely N-dealkylation sites (N-methyl/N-ethyl adjacent to an activating group) is 1. The van der Waals surface area contributed by atoms with Crippen molar-refractivity contribution in [1.29, 1.82) is 0 Å². The molecule has 0 bridgehead atoms. The molecule has 2 heterocycles. The number of amides is 3. The van der Waals surface area contributed by atoms with Crippen LogP contribution in [0.25, 0.3) is 0 Å². The Morgan fingerprint density at radius 2 is 2.04 bits per heavy atom. The molecule has 1 atom stereocenters. The van der Waals surface area contributed by atoms with E-state index in [9.17, 15) is 9.59 Å². The number of rotatable bonds is 6. The van der Waals surface area contributed by atoms with Gasteiger partial charge in [0.05, 0.1) is 6.61 Å². The Morgan fingerprint density at radius 3 is 2.75 bits per heavy atom. The number of aromatic nitrogens is 2. The summed E-state index contributed by atoms with van der Waals surface area (Å²) in [5, 5.41) is 13.2. The Hall–Kier alpha value is -3.16. The predicted octanol–water partition coefficient (Wildman–Crippen LogP) is 2.61. The number of anilines is 2. The lowest BCUT2D eigenvalue weighted by molar-refractivity contribution is -0.120. The van der Waals surface area contributed by atoms with E-state index in [1.165, 1.54) is 0 Å². The van der Waals surface area contributed by atoms with Crippen LogP contribution in [0.15, 0.2) is 36.4 Å². The molecule has 1 aromatic carbocycles. The number of carbonyl (C=O) groups is 2. The van der Waals surface area contributed by atoms with E-state index in [1.807, 2.05) is 24.3 Å². The van der Waals surface area contributed by atoms with Gasteiger partial charge in [-0.15, -0.1) is 10.2 Å². The average molecular weight is 383 g/mol. The summed E-state index contributed by atoms with van der Waals surface area (Å²) in [7, 11) is 1.70. The summed E-state index contributed by atoms with van der Waals surface area (Å²) in [5.41, 5.74) is 1.88. The van der Waals surface area contributed by atoms with Gasteiger partial charge in [0.25, 0.3) is 0 Å². The van der Waals surface area contributed by atoms with Crippen LogP contribution in [0.2, 0.25) is 0 Å². The normalized spacial score (nSPS) is 15.9. The molecular formula is C20H25N5O3. The van der Waals surface area contributed by atoms with Gasteiger partial charge < -0.3 is 15.0 Å². The standard InChI is InChI=1S/C20H25N5O3/c1-13(2)10-11-28-18-9-8-17(23-24-18)22-20(27)21-15-12-14-6-4-5-7-16(14)25(3)19(15)26/h4-9,13,15H,10-12H2,1-3H3,(H2,21,22,23,27). The number of hydrogen-bond donors (Lipinski definition) is 2. The molecule has 1 aliphatic heterocycles. The second-order valence-electron chi connectivity index (χ2n) is 7.17.